The first-order valence-corrected chi connectivity index (χ1v) is 3.40. The molecule has 2 heteroatoms. The zero-order valence-electron chi connectivity index (χ0n) is 5.47. The Morgan fingerprint density at radius 2 is 2.33 bits per heavy atom. The summed E-state index contributed by atoms with van der Waals surface area (Å²) in [6.45, 7) is 8.40. The van der Waals surface area contributed by atoms with Crippen LogP contribution in [0.15, 0.2) is 24.8 Å². The molecule has 0 amide bonds. The average molecular weight is 144 g/mol. The maximum Gasteiger partial charge on any atom is 0.0686 e. The second-order valence-corrected chi connectivity index (χ2v) is 2.03. The van der Waals surface area contributed by atoms with Crippen molar-refractivity contribution in [1.82, 2.24) is 0 Å². The molecule has 0 spiro atoms. The van der Waals surface area contributed by atoms with Crippen molar-refractivity contribution in [2.24, 2.45) is 0 Å². The number of hydrogen-bond donors (Lipinski definition) is 1. The minimum Gasteiger partial charge on any atom is -0.373 e. The van der Waals surface area contributed by atoms with Gasteiger partial charge >= 0.3 is 0 Å². The van der Waals surface area contributed by atoms with Gasteiger partial charge in [-0.25, -0.2) is 0 Å². The Morgan fingerprint density at radius 1 is 1.67 bits per heavy atom. The average Bonchev–Trinajstić information content (AvgIpc) is 1.89. The minimum atomic E-state index is 0.590. The molecule has 0 saturated heterocycles. The van der Waals surface area contributed by atoms with Crippen LogP contribution in [0.5, 0.6) is 0 Å². The third-order valence-electron chi connectivity index (χ3n) is 0.765. The number of rotatable bonds is 5. The van der Waals surface area contributed by atoms with Crippen LogP contribution in [-0.2, 0) is 4.74 Å². The summed E-state index contributed by atoms with van der Waals surface area (Å²) in [5, 5.41) is 0. The van der Waals surface area contributed by atoms with Gasteiger partial charge in [0.1, 0.15) is 0 Å². The highest BCUT2D eigenvalue weighted by Gasteiger charge is 1.87. The van der Waals surface area contributed by atoms with Crippen LogP contribution >= 0.6 is 12.6 Å². The highest BCUT2D eigenvalue weighted by atomic mass is 32.1. The molecule has 0 saturated carbocycles. The first kappa shape index (κ1) is 8.79. The van der Waals surface area contributed by atoms with E-state index in [9.17, 15) is 0 Å². The van der Waals surface area contributed by atoms with Crippen LogP contribution in [-0.4, -0.2) is 19.0 Å². The molecule has 0 unspecified atom stereocenters. The molecule has 0 aliphatic heterocycles. The standard InChI is InChI=1S/C7H12OS/c1-3-4-8-5-7(2)6-9/h3,9H,1-2,4-6H2. The van der Waals surface area contributed by atoms with Crippen molar-refractivity contribution in [3.05, 3.63) is 24.8 Å². The van der Waals surface area contributed by atoms with Crippen LogP contribution in [0.25, 0.3) is 0 Å². The molecule has 52 valence electrons. The number of thiol groups is 1. The molecule has 0 N–H and O–H groups in total. The van der Waals surface area contributed by atoms with E-state index in [1.54, 1.807) is 6.08 Å². The first-order chi connectivity index (χ1) is 4.31. The monoisotopic (exact) mass is 144 g/mol. The fourth-order valence-electron chi connectivity index (χ4n) is 0.332. The van der Waals surface area contributed by atoms with Crippen LogP contribution in [0.1, 0.15) is 0 Å². The largest absolute Gasteiger partial charge is 0.373 e. The summed E-state index contributed by atoms with van der Waals surface area (Å²) in [5.74, 6) is 0.692. The fraction of sp³-hybridized carbons (Fsp3) is 0.429. The van der Waals surface area contributed by atoms with E-state index in [0.29, 0.717) is 19.0 Å². The van der Waals surface area contributed by atoms with E-state index < -0.39 is 0 Å². The van der Waals surface area contributed by atoms with Crippen molar-refractivity contribution in [3.63, 3.8) is 0 Å². The molecular formula is C7H12OS. The normalized spacial score (nSPS) is 9.00. The van der Waals surface area contributed by atoms with Crippen molar-refractivity contribution in [3.8, 4) is 0 Å². The molecule has 1 nitrogen and oxygen atoms in total. The molecule has 0 rings (SSSR count). The highest BCUT2D eigenvalue weighted by Crippen LogP contribution is 1.93. The van der Waals surface area contributed by atoms with E-state index in [0.717, 1.165) is 5.57 Å². The van der Waals surface area contributed by atoms with Crippen molar-refractivity contribution >= 4 is 12.6 Å². The van der Waals surface area contributed by atoms with Crippen LogP contribution in [0.4, 0.5) is 0 Å². The molecule has 0 bridgehead atoms. The predicted octanol–water partition coefficient (Wildman–Crippen LogP) is 1.68. The van der Waals surface area contributed by atoms with Crippen molar-refractivity contribution in [2.45, 2.75) is 0 Å². The Morgan fingerprint density at radius 3 is 2.78 bits per heavy atom. The van der Waals surface area contributed by atoms with Gasteiger partial charge in [-0.15, -0.1) is 6.58 Å². The molecule has 0 heterocycles. The molecule has 0 aromatic rings. The summed E-state index contributed by atoms with van der Waals surface area (Å²) in [5.41, 5.74) is 1.00. The van der Waals surface area contributed by atoms with Crippen LogP contribution in [0.3, 0.4) is 0 Å². The zero-order valence-corrected chi connectivity index (χ0v) is 6.36. The van der Waals surface area contributed by atoms with Gasteiger partial charge in [-0.3, -0.25) is 0 Å². The van der Waals surface area contributed by atoms with Crippen molar-refractivity contribution < 1.29 is 4.74 Å². The molecule has 0 aliphatic carbocycles. The number of ether oxygens (including phenoxy) is 1. The number of hydrogen-bond acceptors (Lipinski definition) is 2. The van der Waals surface area contributed by atoms with Gasteiger partial charge in [-0.1, -0.05) is 12.7 Å². The summed E-state index contributed by atoms with van der Waals surface area (Å²) < 4.78 is 5.07. The smallest absolute Gasteiger partial charge is 0.0686 e. The topological polar surface area (TPSA) is 9.23 Å². The van der Waals surface area contributed by atoms with Gasteiger partial charge in [0.05, 0.1) is 13.2 Å². The Hall–Kier alpha value is -0.210. The summed E-state index contributed by atoms with van der Waals surface area (Å²) in [6, 6.07) is 0. The quantitative estimate of drug-likeness (QED) is 0.351. The van der Waals surface area contributed by atoms with Gasteiger partial charge in [-0.2, -0.15) is 12.6 Å². The lowest BCUT2D eigenvalue weighted by atomic mass is 10.4. The maximum absolute atomic E-state index is 5.07. The Balaban J connectivity index is 3.06. The Bertz CT molecular complexity index is 99.1. The molecular weight excluding hydrogens is 132 g/mol. The lowest BCUT2D eigenvalue weighted by molar-refractivity contribution is 0.188. The summed E-state index contributed by atoms with van der Waals surface area (Å²) in [4.78, 5) is 0. The second-order valence-electron chi connectivity index (χ2n) is 1.71. The minimum absolute atomic E-state index is 0.590. The molecule has 0 radical (unpaired) electrons. The zero-order chi connectivity index (χ0) is 7.11. The van der Waals surface area contributed by atoms with E-state index in [-0.39, 0.29) is 0 Å². The van der Waals surface area contributed by atoms with E-state index in [1.807, 2.05) is 0 Å². The van der Waals surface area contributed by atoms with Crippen LogP contribution in [0, 0.1) is 0 Å². The van der Waals surface area contributed by atoms with E-state index in [4.69, 9.17) is 4.74 Å². The Kier molecular flexibility index (Phi) is 5.78. The second kappa shape index (κ2) is 5.92. The molecule has 0 aromatic carbocycles. The molecule has 0 aromatic heterocycles. The van der Waals surface area contributed by atoms with Gasteiger partial charge < -0.3 is 4.74 Å². The summed E-state index contributed by atoms with van der Waals surface area (Å²) in [7, 11) is 0. The van der Waals surface area contributed by atoms with E-state index >= 15 is 0 Å². The molecule has 0 aliphatic rings. The van der Waals surface area contributed by atoms with E-state index in [2.05, 4.69) is 25.8 Å². The maximum atomic E-state index is 5.07. The summed E-state index contributed by atoms with van der Waals surface area (Å²) in [6.07, 6.45) is 1.71. The lowest BCUT2D eigenvalue weighted by Gasteiger charge is -1.99. The summed E-state index contributed by atoms with van der Waals surface area (Å²) >= 11 is 4.01. The van der Waals surface area contributed by atoms with Crippen molar-refractivity contribution in [2.75, 3.05) is 19.0 Å². The van der Waals surface area contributed by atoms with Gasteiger partial charge in [-0.05, 0) is 5.57 Å². The predicted molar refractivity (Wildman–Crippen MR) is 44.0 cm³/mol. The van der Waals surface area contributed by atoms with E-state index in [1.165, 1.54) is 0 Å². The van der Waals surface area contributed by atoms with Gasteiger partial charge in [0.15, 0.2) is 0 Å². The first-order valence-electron chi connectivity index (χ1n) is 2.77. The van der Waals surface area contributed by atoms with Gasteiger partial charge in [0, 0.05) is 5.75 Å². The highest BCUT2D eigenvalue weighted by molar-refractivity contribution is 7.80. The van der Waals surface area contributed by atoms with Crippen LogP contribution in [0.2, 0.25) is 0 Å². The SMILES string of the molecule is C=CCOCC(=C)CS. The van der Waals surface area contributed by atoms with Gasteiger partial charge in [0.25, 0.3) is 0 Å². The van der Waals surface area contributed by atoms with Crippen molar-refractivity contribution in [1.29, 1.82) is 0 Å². The third-order valence-corrected chi connectivity index (χ3v) is 1.21. The Labute approximate surface area is 61.8 Å². The van der Waals surface area contributed by atoms with Crippen LogP contribution < -0.4 is 0 Å². The lowest BCUT2D eigenvalue weighted by Crippen LogP contribution is -1.97. The third kappa shape index (κ3) is 5.66. The van der Waals surface area contributed by atoms with Gasteiger partial charge in [0.2, 0.25) is 0 Å². The molecule has 0 fully saturated rings. The fourth-order valence-corrected chi connectivity index (χ4v) is 0.424. The molecule has 9 heavy (non-hydrogen) atoms. The molecule has 0 atom stereocenters.